The molecule has 2 aromatic heterocycles. The molecule has 20 heavy (non-hydrogen) atoms. The zero-order valence-corrected chi connectivity index (χ0v) is 12.6. The summed E-state index contributed by atoms with van der Waals surface area (Å²) < 4.78 is 7.45. The minimum Gasteiger partial charge on any atom is -0.495 e. The normalized spacial score (nSPS) is 12.4. The highest BCUT2D eigenvalue weighted by Gasteiger charge is 2.22. The van der Waals surface area contributed by atoms with Crippen LogP contribution < -0.4 is 10.1 Å². The van der Waals surface area contributed by atoms with E-state index < -0.39 is 0 Å². The number of methoxy groups -OCH3 is 1. The number of nitrogens with one attached hydrogen (secondary N) is 1. The number of pyridine rings is 1. The molecule has 0 amide bonds. The first kappa shape index (κ1) is 14.5. The third-order valence-electron chi connectivity index (χ3n) is 3.23. The smallest absolute Gasteiger partial charge is 0.142 e. The molecule has 2 rings (SSSR count). The van der Waals surface area contributed by atoms with E-state index in [1.807, 2.05) is 23.7 Å². The summed E-state index contributed by atoms with van der Waals surface area (Å²) >= 11 is 0. The Morgan fingerprint density at radius 2 is 2.20 bits per heavy atom. The number of aromatic nitrogens is 3. The Labute approximate surface area is 120 Å². The van der Waals surface area contributed by atoms with Gasteiger partial charge < -0.3 is 10.1 Å². The van der Waals surface area contributed by atoms with Crippen LogP contribution in [0.25, 0.3) is 0 Å². The third-order valence-corrected chi connectivity index (χ3v) is 3.23. The van der Waals surface area contributed by atoms with Gasteiger partial charge in [-0.05, 0) is 38.6 Å². The number of aryl methyl sites for hydroxylation is 2. The van der Waals surface area contributed by atoms with Gasteiger partial charge in [-0.2, -0.15) is 5.10 Å². The van der Waals surface area contributed by atoms with Crippen LogP contribution in [-0.2, 0) is 6.54 Å². The van der Waals surface area contributed by atoms with Crippen LogP contribution in [0.3, 0.4) is 0 Å². The molecule has 5 heteroatoms. The molecule has 0 saturated carbocycles. The van der Waals surface area contributed by atoms with E-state index in [-0.39, 0.29) is 6.04 Å². The van der Waals surface area contributed by atoms with Crippen LogP contribution >= 0.6 is 0 Å². The molecule has 2 aromatic rings. The molecule has 0 spiro atoms. The summed E-state index contributed by atoms with van der Waals surface area (Å²) in [6.45, 7) is 7.86. The van der Waals surface area contributed by atoms with E-state index in [2.05, 4.69) is 35.3 Å². The van der Waals surface area contributed by atoms with Crippen LogP contribution in [-0.4, -0.2) is 28.4 Å². The molecule has 108 valence electrons. The van der Waals surface area contributed by atoms with Crippen molar-refractivity contribution in [1.82, 2.24) is 20.1 Å². The van der Waals surface area contributed by atoms with Crippen molar-refractivity contribution in [2.24, 2.45) is 0 Å². The Morgan fingerprint density at radius 1 is 1.40 bits per heavy atom. The standard InChI is InChI=1S/C15H22N4O/c1-5-16-14(12-10-11(3)18-19(12)6-2)15-13(20-4)8-7-9-17-15/h7-10,14,16H,5-6H2,1-4H3. The SMILES string of the molecule is CCNC(c1ncccc1OC)c1cc(C)nn1CC. The van der Waals surface area contributed by atoms with E-state index in [0.29, 0.717) is 0 Å². The molecule has 0 aromatic carbocycles. The zero-order valence-electron chi connectivity index (χ0n) is 12.6. The van der Waals surface area contributed by atoms with Crippen molar-refractivity contribution >= 4 is 0 Å². The van der Waals surface area contributed by atoms with Crippen LogP contribution in [0.2, 0.25) is 0 Å². The lowest BCUT2D eigenvalue weighted by Gasteiger charge is -2.20. The Balaban J connectivity index is 2.50. The van der Waals surface area contributed by atoms with E-state index in [4.69, 9.17) is 4.74 Å². The molecular weight excluding hydrogens is 252 g/mol. The molecule has 1 atom stereocenters. The van der Waals surface area contributed by atoms with Gasteiger partial charge in [0, 0.05) is 12.7 Å². The van der Waals surface area contributed by atoms with Crippen molar-refractivity contribution < 1.29 is 4.74 Å². The number of hydrogen-bond acceptors (Lipinski definition) is 4. The maximum absolute atomic E-state index is 5.44. The molecule has 2 heterocycles. The number of ether oxygens (including phenoxy) is 1. The molecule has 5 nitrogen and oxygen atoms in total. The van der Waals surface area contributed by atoms with Gasteiger partial charge in [0.15, 0.2) is 0 Å². The summed E-state index contributed by atoms with van der Waals surface area (Å²) in [4.78, 5) is 4.50. The average molecular weight is 274 g/mol. The Kier molecular flexibility index (Phi) is 4.74. The number of nitrogens with zero attached hydrogens (tertiary/aromatic N) is 3. The fourth-order valence-electron chi connectivity index (χ4n) is 2.39. The van der Waals surface area contributed by atoms with Crippen molar-refractivity contribution in [2.75, 3.05) is 13.7 Å². The molecule has 0 aliphatic rings. The van der Waals surface area contributed by atoms with Crippen molar-refractivity contribution in [1.29, 1.82) is 0 Å². The summed E-state index contributed by atoms with van der Waals surface area (Å²) in [7, 11) is 1.67. The van der Waals surface area contributed by atoms with Gasteiger partial charge in [-0.3, -0.25) is 9.67 Å². The van der Waals surface area contributed by atoms with E-state index in [1.54, 1.807) is 13.3 Å². The molecule has 1 N–H and O–H groups in total. The molecule has 0 bridgehead atoms. The Morgan fingerprint density at radius 3 is 2.85 bits per heavy atom. The van der Waals surface area contributed by atoms with E-state index in [0.717, 1.165) is 35.9 Å². The van der Waals surface area contributed by atoms with Gasteiger partial charge in [-0.25, -0.2) is 0 Å². The van der Waals surface area contributed by atoms with Gasteiger partial charge in [-0.15, -0.1) is 0 Å². The summed E-state index contributed by atoms with van der Waals surface area (Å²) in [6, 6.07) is 5.91. The van der Waals surface area contributed by atoms with Crippen molar-refractivity contribution in [3.8, 4) is 5.75 Å². The van der Waals surface area contributed by atoms with Gasteiger partial charge >= 0.3 is 0 Å². The van der Waals surface area contributed by atoms with Crippen molar-refractivity contribution in [3.05, 3.63) is 41.5 Å². The lowest BCUT2D eigenvalue weighted by atomic mass is 10.1. The first-order valence-electron chi connectivity index (χ1n) is 6.97. The fraction of sp³-hybridized carbons (Fsp3) is 0.467. The first-order valence-corrected chi connectivity index (χ1v) is 6.97. The minimum atomic E-state index is -0.0164. The van der Waals surface area contributed by atoms with Gasteiger partial charge in [-0.1, -0.05) is 6.92 Å². The summed E-state index contributed by atoms with van der Waals surface area (Å²) in [5.74, 6) is 0.792. The fourth-order valence-corrected chi connectivity index (χ4v) is 2.39. The molecule has 0 fully saturated rings. The second-order valence-electron chi connectivity index (χ2n) is 4.61. The highest BCUT2D eigenvalue weighted by atomic mass is 16.5. The Hall–Kier alpha value is -1.88. The van der Waals surface area contributed by atoms with Crippen molar-refractivity contribution in [2.45, 2.75) is 33.4 Å². The van der Waals surface area contributed by atoms with Crippen LogP contribution in [0.4, 0.5) is 0 Å². The summed E-state index contributed by atoms with van der Waals surface area (Å²) in [5, 5.41) is 8.00. The molecular formula is C15H22N4O. The summed E-state index contributed by atoms with van der Waals surface area (Å²) in [6.07, 6.45) is 1.79. The van der Waals surface area contributed by atoms with Crippen LogP contribution in [0, 0.1) is 6.92 Å². The van der Waals surface area contributed by atoms with Gasteiger partial charge in [0.05, 0.1) is 24.5 Å². The zero-order chi connectivity index (χ0) is 14.5. The van der Waals surface area contributed by atoms with Crippen molar-refractivity contribution in [3.63, 3.8) is 0 Å². The van der Waals surface area contributed by atoms with Crippen LogP contribution in [0.15, 0.2) is 24.4 Å². The van der Waals surface area contributed by atoms with Gasteiger partial charge in [0.25, 0.3) is 0 Å². The lowest BCUT2D eigenvalue weighted by Crippen LogP contribution is -2.26. The first-order chi connectivity index (χ1) is 9.71. The Bertz CT molecular complexity index is 565. The maximum Gasteiger partial charge on any atom is 0.142 e. The van der Waals surface area contributed by atoms with Crippen LogP contribution in [0.5, 0.6) is 5.75 Å². The van der Waals surface area contributed by atoms with Crippen LogP contribution in [0.1, 0.15) is 37.0 Å². The number of rotatable bonds is 6. The van der Waals surface area contributed by atoms with E-state index in [9.17, 15) is 0 Å². The molecule has 0 aliphatic carbocycles. The topological polar surface area (TPSA) is 52.0 Å². The van der Waals surface area contributed by atoms with Gasteiger partial charge in [0.1, 0.15) is 11.4 Å². The molecule has 0 radical (unpaired) electrons. The molecule has 1 unspecified atom stereocenters. The summed E-state index contributed by atoms with van der Waals surface area (Å²) in [5.41, 5.74) is 3.02. The maximum atomic E-state index is 5.44. The minimum absolute atomic E-state index is 0.0164. The average Bonchev–Trinajstić information content (AvgIpc) is 2.85. The molecule has 0 saturated heterocycles. The van der Waals surface area contributed by atoms with E-state index in [1.165, 1.54) is 0 Å². The molecule has 0 aliphatic heterocycles. The van der Waals surface area contributed by atoms with E-state index >= 15 is 0 Å². The third kappa shape index (κ3) is 2.82. The monoisotopic (exact) mass is 274 g/mol. The highest BCUT2D eigenvalue weighted by Crippen LogP contribution is 2.28. The number of hydrogen-bond donors (Lipinski definition) is 1. The quantitative estimate of drug-likeness (QED) is 0.878. The largest absolute Gasteiger partial charge is 0.495 e. The lowest BCUT2D eigenvalue weighted by molar-refractivity contribution is 0.398. The highest BCUT2D eigenvalue weighted by molar-refractivity contribution is 5.35. The second-order valence-corrected chi connectivity index (χ2v) is 4.61. The second kappa shape index (κ2) is 6.52. The van der Waals surface area contributed by atoms with Gasteiger partial charge in [0.2, 0.25) is 0 Å². The predicted molar refractivity (Wildman–Crippen MR) is 78.9 cm³/mol. The predicted octanol–water partition coefficient (Wildman–Crippen LogP) is 2.31.